The Balaban J connectivity index is 2.03. The SMILES string of the molecule is C[C@@H]1COC2C1O[C@@H]2C. The summed E-state index contributed by atoms with van der Waals surface area (Å²) in [6, 6.07) is 0. The van der Waals surface area contributed by atoms with Crippen molar-refractivity contribution in [3.05, 3.63) is 0 Å². The summed E-state index contributed by atoms with van der Waals surface area (Å²) < 4.78 is 10.9. The van der Waals surface area contributed by atoms with Crippen molar-refractivity contribution in [1.82, 2.24) is 0 Å². The molecule has 0 radical (unpaired) electrons. The maximum Gasteiger partial charge on any atom is 0.110 e. The molecule has 0 aliphatic carbocycles. The predicted octanol–water partition coefficient (Wildman–Crippen LogP) is 0.809. The third-order valence-electron chi connectivity index (χ3n) is 2.27. The fourth-order valence-corrected chi connectivity index (χ4v) is 1.63. The van der Waals surface area contributed by atoms with Gasteiger partial charge >= 0.3 is 0 Å². The van der Waals surface area contributed by atoms with Crippen molar-refractivity contribution >= 4 is 0 Å². The van der Waals surface area contributed by atoms with Crippen molar-refractivity contribution in [3.8, 4) is 0 Å². The van der Waals surface area contributed by atoms with E-state index in [2.05, 4.69) is 13.8 Å². The van der Waals surface area contributed by atoms with E-state index in [9.17, 15) is 0 Å². The van der Waals surface area contributed by atoms with Gasteiger partial charge < -0.3 is 9.47 Å². The summed E-state index contributed by atoms with van der Waals surface area (Å²) in [6.45, 7) is 5.13. The predicted molar refractivity (Wildman–Crippen MR) is 33.2 cm³/mol. The number of rotatable bonds is 0. The average molecular weight is 128 g/mol. The quantitative estimate of drug-likeness (QED) is 0.480. The van der Waals surface area contributed by atoms with Crippen LogP contribution in [0.5, 0.6) is 0 Å². The molecule has 2 heteroatoms. The molecule has 0 aromatic carbocycles. The highest BCUT2D eigenvalue weighted by Crippen LogP contribution is 2.35. The highest BCUT2D eigenvalue weighted by Gasteiger charge is 2.48. The molecule has 0 aromatic rings. The second-order valence-electron chi connectivity index (χ2n) is 3.08. The highest BCUT2D eigenvalue weighted by atomic mass is 16.6. The second-order valence-corrected chi connectivity index (χ2v) is 3.08. The van der Waals surface area contributed by atoms with Gasteiger partial charge in [-0.05, 0) is 6.92 Å². The molecule has 52 valence electrons. The van der Waals surface area contributed by atoms with Gasteiger partial charge in [-0.1, -0.05) is 6.92 Å². The van der Waals surface area contributed by atoms with Crippen molar-refractivity contribution in [3.63, 3.8) is 0 Å². The van der Waals surface area contributed by atoms with Crippen LogP contribution in [0.4, 0.5) is 0 Å². The molecule has 4 atom stereocenters. The number of ether oxygens (including phenoxy) is 2. The molecule has 0 N–H and O–H groups in total. The fraction of sp³-hybridized carbons (Fsp3) is 1.00. The monoisotopic (exact) mass is 128 g/mol. The zero-order valence-corrected chi connectivity index (χ0v) is 5.83. The summed E-state index contributed by atoms with van der Waals surface area (Å²) in [4.78, 5) is 0. The maximum atomic E-state index is 5.45. The normalized spacial score (nSPS) is 56.7. The average Bonchev–Trinajstić information content (AvgIpc) is 2.07. The van der Waals surface area contributed by atoms with Crippen LogP contribution in [0, 0.1) is 5.92 Å². The smallest absolute Gasteiger partial charge is 0.110 e. The van der Waals surface area contributed by atoms with Gasteiger partial charge in [0.2, 0.25) is 0 Å². The van der Waals surface area contributed by atoms with Crippen molar-refractivity contribution < 1.29 is 9.47 Å². The summed E-state index contributed by atoms with van der Waals surface area (Å²) >= 11 is 0. The van der Waals surface area contributed by atoms with Gasteiger partial charge in [-0.3, -0.25) is 0 Å². The van der Waals surface area contributed by atoms with Crippen LogP contribution in [-0.2, 0) is 9.47 Å². The van der Waals surface area contributed by atoms with E-state index in [-0.39, 0.29) is 0 Å². The van der Waals surface area contributed by atoms with Gasteiger partial charge in [-0.15, -0.1) is 0 Å². The van der Waals surface area contributed by atoms with Crippen LogP contribution in [0.15, 0.2) is 0 Å². The molecule has 2 aliphatic rings. The van der Waals surface area contributed by atoms with Crippen LogP contribution in [0.25, 0.3) is 0 Å². The third kappa shape index (κ3) is 0.634. The van der Waals surface area contributed by atoms with Gasteiger partial charge in [0, 0.05) is 5.92 Å². The molecule has 0 amide bonds. The topological polar surface area (TPSA) is 18.5 Å². The molecule has 2 fully saturated rings. The summed E-state index contributed by atoms with van der Waals surface area (Å²) in [7, 11) is 0. The molecule has 2 nitrogen and oxygen atoms in total. The first kappa shape index (κ1) is 5.69. The fourth-order valence-electron chi connectivity index (χ4n) is 1.63. The second kappa shape index (κ2) is 1.70. The molecular weight excluding hydrogens is 116 g/mol. The van der Waals surface area contributed by atoms with Crippen molar-refractivity contribution in [2.24, 2.45) is 5.92 Å². The third-order valence-corrected chi connectivity index (χ3v) is 2.27. The number of hydrogen-bond acceptors (Lipinski definition) is 2. The zero-order chi connectivity index (χ0) is 6.43. The van der Waals surface area contributed by atoms with Gasteiger partial charge in [0.05, 0.1) is 18.8 Å². The van der Waals surface area contributed by atoms with Gasteiger partial charge in [0.25, 0.3) is 0 Å². The van der Waals surface area contributed by atoms with E-state index in [1.165, 1.54) is 0 Å². The van der Waals surface area contributed by atoms with Gasteiger partial charge in [-0.2, -0.15) is 0 Å². The lowest BCUT2D eigenvalue weighted by Crippen LogP contribution is -2.51. The standard InChI is InChI=1S/C7H12O2/c1-4-3-8-7-5(2)9-6(4)7/h4-7H,3H2,1-2H3/t4-,5-,6?,7?/m1/s1. The minimum atomic E-state index is 0.347. The van der Waals surface area contributed by atoms with Crippen molar-refractivity contribution in [2.45, 2.75) is 32.2 Å². The Morgan fingerprint density at radius 1 is 1.22 bits per heavy atom. The van der Waals surface area contributed by atoms with E-state index >= 15 is 0 Å². The Labute approximate surface area is 55.1 Å². The highest BCUT2D eigenvalue weighted by molar-refractivity contribution is 4.94. The first-order chi connectivity index (χ1) is 4.29. The van der Waals surface area contributed by atoms with E-state index < -0.39 is 0 Å². The van der Waals surface area contributed by atoms with Crippen molar-refractivity contribution in [1.29, 1.82) is 0 Å². The minimum absolute atomic E-state index is 0.347. The summed E-state index contributed by atoms with van der Waals surface area (Å²) in [5, 5.41) is 0. The van der Waals surface area contributed by atoms with Crippen LogP contribution in [0.1, 0.15) is 13.8 Å². The van der Waals surface area contributed by atoms with E-state index in [1.807, 2.05) is 0 Å². The molecule has 0 aromatic heterocycles. The molecule has 0 spiro atoms. The lowest BCUT2D eigenvalue weighted by atomic mass is 9.95. The Bertz CT molecular complexity index is 122. The van der Waals surface area contributed by atoms with E-state index in [0.717, 1.165) is 6.61 Å². The first-order valence-corrected chi connectivity index (χ1v) is 3.56. The lowest BCUT2D eigenvalue weighted by molar-refractivity contribution is -0.195. The molecule has 9 heavy (non-hydrogen) atoms. The Morgan fingerprint density at radius 3 is 2.44 bits per heavy atom. The summed E-state index contributed by atoms with van der Waals surface area (Å²) in [5.74, 6) is 0.617. The van der Waals surface area contributed by atoms with E-state index in [4.69, 9.17) is 9.47 Å². The molecule has 0 saturated carbocycles. The minimum Gasteiger partial charge on any atom is -0.372 e. The van der Waals surface area contributed by atoms with E-state index in [1.54, 1.807) is 0 Å². The maximum absolute atomic E-state index is 5.45. The Morgan fingerprint density at radius 2 is 2.00 bits per heavy atom. The Hall–Kier alpha value is -0.0800. The van der Waals surface area contributed by atoms with Crippen LogP contribution < -0.4 is 0 Å². The van der Waals surface area contributed by atoms with E-state index in [0.29, 0.717) is 24.2 Å². The summed E-state index contributed by atoms with van der Waals surface area (Å²) in [5.41, 5.74) is 0. The molecule has 2 aliphatic heterocycles. The van der Waals surface area contributed by atoms with Crippen LogP contribution in [-0.4, -0.2) is 24.9 Å². The van der Waals surface area contributed by atoms with Gasteiger partial charge in [0.15, 0.2) is 0 Å². The molecule has 0 bridgehead atoms. The molecule has 2 unspecified atom stereocenters. The Kier molecular flexibility index (Phi) is 1.08. The van der Waals surface area contributed by atoms with Crippen LogP contribution in [0.2, 0.25) is 0 Å². The first-order valence-electron chi connectivity index (χ1n) is 3.56. The molecule has 2 heterocycles. The van der Waals surface area contributed by atoms with Crippen molar-refractivity contribution in [2.75, 3.05) is 6.61 Å². The molecular formula is C7H12O2. The number of hydrogen-bond donors (Lipinski definition) is 0. The molecule has 2 saturated heterocycles. The zero-order valence-electron chi connectivity index (χ0n) is 5.83. The van der Waals surface area contributed by atoms with Gasteiger partial charge in [0.1, 0.15) is 6.10 Å². The lowest BCUT2D eigenvalue weighted by Gasteiger charge is -2.38. The van der Waals surface area contributed by atoms with Crippen LogP contribution in [0.3, 0.4) is 0 Å². The summed E-state index contributed by atoms with van der Waals surface area (Å²) in [6.07, 6.45) is 1.18. The van der Waals surface area contributed by atoms with Crippen LogP contribution >= 0.6 is 0 Å². The van der Waals surface area contributed by atoms with Gasteiger partial charge in [-0.25, -0.2) is 0 Å². The number of fused-ring (bicyclic) bond motifs is 1. The molecule has 2 rings (SSSR count). The largest absolute Gasteiger partial charge is 0.372 e.